The summed E-state index contributed by atoms with van der Waals surface area (Å²) in [7, 11) is 1.32. The number of nitrogens with two attached hydrogens (primary N) is 1. The number of rotatable bonds is 5. The summed E-state index contributed by atoms with van der Waals surface area (Å²) in [5.41, 5.74) is 1.60. The van der Waals surface area contributed by atoms with Crippen molar-refractivity contribution in [3.63, 3.8) is 0 Å². The van der Waals surface area contributed by atoms with Crippen LogP contribution < -0.4 is 16.1 Å². The SMILES string of the molecule is CN(Cc1ccccc1)c1c(F)cc(-c2cc(=O)c3ccc(N)c([N+](=O)[O-])c3o2)cc1C(F)(F)F. The lowest BCUT2D eigenvalue weighted by Crippen LogP contribution is -2.22. The van der Waals surface area contributed by atoms with Crippen LogP contribution in [0.3, 0.4) is 0 Å². The van der Waals surface area contributed by atoms with Crippen LogP contribution in [-0.4, -0.2) is 12.0 Å². The van der Waals surface area contributed by atoms with Crippen molar-refractivity contribution in [2.75, 3.05) is 17.7 Å². The molecule has 0 bridgehead atoms. The summed E-state index contributed by atoms with van der Waals surface area (Å²) in [6.07, 6.45) is -4.95. The Morgan fingerprint density at radius 1 is 1.09 bits per heavy atom. The van der Waals surface area contributed by atoms with Gasteiger partial charge in [0.05, 0.1) is 21.6 Å². The maximum absolute atomic E-state index is 15.2. The van der Waals surface area contributed by atoms with Gasteiger partial charge in [0.1, 0.15) is 17.3 Å². The number of hydrogen-bond acceptors (Lipinski definition) is 6. The minimum atomic E-state index is -4.95. The summed E-state index contributed by atoms with van der Waals surface area (Å²) in [6.45, 7) is -0.00326. The molecule has 0 amide bonds. The number of nitro benzene ring substituents is 1. The zero-order valence-corrected chi connectivity index (χ0v) is 18.1. The van der Waals surface area contributed by atoms with Gasteiger partial charge in [-0.25, -0.2) is 4.39 Å². The highest BCUT2D eigenvalue weighted by molar-refractivity contribution is 5.92. The van der Waals surface area contributed by atoms with Crippen molar-refractivity contribution in [1.82, 2.24) is 0 Å². The van der Waals surface area contributed by atoms with Gasteiger partial charge in [0.2, 0.25) is 5.58 Å². The number of halogens is 4. The molecule has 0 fully saturated rings. The Hall–Kier alpha value is -4.41. The normalized spacial score (nSPS) is 11.6. The monoisotopic (exact) mass is 487 g/mol. The number of fused-ring (bicyclic) bond motifs is 1. The summed E-state index contributed by atoms with van der Waals surface area (Å²) in [5.74, 6) is -1.68. The highest BCUT2D eigenvalue weighted by atomic mass is 19.4. The standard InChI is InChI=1S/C24H17F4N3O4/c1-30(12-13-5-3-2-4-6-13)21-16(24(26,27)28)9-14(10-17(21)25)20-11-19(32)15-7-8-18(29)22(31(33)34)23(15)35-20/h2-11H,12,29H2,1H3. The fourth-order valence-electron chi connectivity index (χ4n) is 3.83. The van der Waals surface area contributed by atoms with Crippen LogP contribution in [0.1, 0.15) is 11.1 Å². The van der Waals surface area contributed by atoms with Gasteiger partial charge in [0.25, 0.3) is 0 Å². The number of hydrogen-bond donors (Lipinski definition) is 1. The topological polar surface area (TPSA) is 103 Å². The van der Waals surface area contributed by atoms with E-state index in [1.54, 1.807) is 30.3 Å². The van der Waals surface area contributed by atoms with E-state index in [1.165, 1.54) is 13.1 Å². The molecule has 0 saturated carbocycles. The molecular formula is C24H17F4N3O4. The number of benzene rings is 3. The van der Waals surface area contributed by atoms with Gasteiger partial charge in [-0.1, -0.05) is 30.3 Å². The van der Waals surface area contributed by atoms with E-state index in [4.69, 9.17) is 10.2 Å². The van der Waals surface area contributed by atoms with Crippen molar-refractivity contribution in [3.8, 4) is 11.3 Å². The van der Waals surface area contributed by atoms with Crippen molar-refractivity contribution < 1.29 is 26.9 Å². The molecule has 0 aliphatic heterocycles. The van der Waals surface area contributed by atoms with Crippen LogP contribution >= 0.6 is 0 Å². The van der Waals surface area contributed by atoms with E-state index in [9.17, 15) is 28.1 Å². The smallest absolute Gasteiger partial charge is 0.418 e. The molecule has 4 aromatic rings. The molecule has 0 saturated heterocycles. The van der Waals surface area contributed by atoms with Crippen LogP contribution in [-0.2, 0) is 12.7 Å². The maximum Gasteiger partial charge on any atom is 0.418 e. The third-order valence-corrected chi connectivity index (χ3v) is 5.38. The molecule has 35 heavy (non-hydrogen) atoms. The Morgan fingerprint density at radius 3 is 2.40 bits per heavy atom. The van der Waals surface area contributed by atoms with Gasteiger partial charge < -0.3 is 15.1 Å². The summed E-state index contributed by atoms with van der Waals surface area (Å²) < 4.78 is 62.6. The summed E-state index contributed by atoms with van der Waals surface area (Å²) in [6, 6.07) is 13.2. The Labute approximate surface area is 195 Å². The van der Waals surface area contributed by atoms with Crippen LogP contribution in [0.25, 0.3) is 22.3 Å². The quantitative estimate of drug-likeness (QED) is 0.167. The zero-order valence-electron chi connectivity index (χ0n) is 18.1. The van der Waals surface area contributed by atoms with Crippen molar-refractivity contribution in [2.45, 2.75) is 12.7 Å². The number of anilines is 2. The molecule has 4 rings (SSSR count). The fourth-order valence-corrected chi connectivity index (χ4v) is 3.83. The van der Waals surface area contributed by atoms with E-state index in [0.29, 0.717) is 11.6 Å². The Kier molecular flexibility index (Phi) is 5.93. The van der Waals surface area contributed by atoms with E-state index in [0.717, 1.165) is 23.1 Å². The lowest BCUT2D eigenvalue weighted by atomic mass is 10.0. The van der Waals surface area contributed by atoms with Crippen molar-refractivity contribution in [1.29, 1.82) is 0 Å². The van der Waals surface area contributed by atoms with E-state index in [1.807, 2.05) is 0 Å². The first kappa shape index (κ1) is 23.7. The lowest BCUT2D eigenvalue weighted by molar-refractivity contribution is -0.382. The molecule has 0 spiro atoms. The van der Waals surface area contributed by atoms with Gasteiger partial charge in [-0.05, 0) is 29.8 Å². The molecule has 0 radical (unpaired) electrons. The van der Waals surface area contributed by atoms with Gasteiger partial charge >= 0.3 is 11.9 Å². The van der Waals surface area contributed by atoms with Crippen molar-refractivity contribution in [2.24, 2.45) is 0 Å². The molecule has 1 heterocycles. The molecule has 0 aliphatic carbocycles. The molecule has 180 valence electrons. The Morgan fingerprint density at radius 2 is 1.77 bits per heavy atom. The van der Waals surface area contributed by atoms with Gasteiger partial charge in [-0.3, -0.25) is 14.9 Å². The Bertz CT molecular complexity index is 1500. The second-order valence-corrected chi connectivity index (χ2v) is 7.81. The number of nitrogens with zero attached hydrogens (tertiary/aromatic N) is 2. The van der Waals surface area contributed by atoms with Crippen molar-refractivity contribution >= 4 is 28.0 Å². The van der Waals surface area contributed by atoms with Crippen LogP contribution in [0.4, 0.5) is 34.6 Å². The fraction of sp³-hybridized carbons (Fsp3) is 0.125. The molecule has 1 aromatic heterocycles. The molecule has 0 aliphatic rings. The number of nitrogen functional groups attached to an aromatic ring is 1. The molecule has 0 atom stereocenters. The second-order valence-electron chi connectivity index (χ2n) is 7.81. The lowest BCUT2D eigenvalue weighted by Gasteiger charge is -2.25. The average Bonchev–Trinajstić information content (AvgIpc) is 2.77. The highest BCUT2D eigenvalue weighted by Crippen LogP contribution is 2.41. The molecule has 2 N–H and O–H groups in total. The van der Waals surface area contributed by atoms with Crippen LogP contribution in [0.5, 0.6) is 0 Å². The predicted octanol–water partition coefficient (Wildman–Crippen LogP) is 5.74. The minimum Gasteiger partial charge on any atom is -0.448 e. The van der Waals surface area contributed by atoms with E-state index < -0.39 is 56.2 Å². The van der Waals surface area contributed by atoms with E-state index in [2.05, 4.69) is 0 Å². The van der Waals surface area contributed by atoms with Gasteiger partial charge in [-0.15, -0.1) is 0 Å². The largest absolute Gasteiger partial charge is 0.448 e. The highest BCUT2D eigenvalue weighted by Gasteiger charge is 2.37. The summed E-state index contributed by atoms with van der Waals surface area (Å²) >= 11 is 0. The summed E-state index contributed by atoms with van der Waals surface area (Å²) in [5, 5.41) is 11.3. The molecule has 11 heteroatoms. The molecule has 7 nitrogen and oxygen atoms in total. The first-order valence-corrected chi connectivity index (χ1v) is 10.1. The van der Waals surface area contributed by atoms with E-state index >= 15 is 4.39 Å². The van der Waals surface area contributed by atoms with Crippen LogP contribution in [0, 0.1) is 15.9 Å². The van der Waals surface area contributed by atoms with Crippen LogP contribution in [0.15, 0.2) is 69.9 Å². The summed E-state index contributed by atoms with van der Waals surface area (Å²) in [4.78, 5) is 24.3. The van der Waals surface area contributed by atoms with Gasteiger partial charge in [0.15, 0.2) is 5.43 Å². The maximum atomic E-state index is 15.2. The van der Waals surface area contributed by atoms with Crippen molar-refractivity contribution in [3.05, 3.63) is 97.9 Å². The third kappa shape index (κ3) is 4.52. The number of alkyl halides is 3. The predicted molar refractivity (Wildman–Crippen MR) is 122 cm³/mol. The van der Waals surface area contributed by atoms with E-state index in [-0.39, 0.29) is 17.6 Å². The molecule has 0 unspecified atom stereocenters. The molecular weight excluding hydrogens is 470 g/mol. The average molecular weight is 487 g/mol. The Balaban J connectivity index is 1.90. The van der Waals surface area contributed by atoms with Gasteiger partial charge in [-0.2, -0.15) is 13.2 Å². The van der Waals surface area contributed by atoms with Gasteiger partial charge in [0, 0.05) is 25.2 Å². The second kappa shape index (κ2) is 8.75. The third-order valence-electron chi connectivity index (χ3n) is 5.38. The van der Waals surface area contributed by atoms with Crippen LogP contribution in [0.2, 0.25) is 0 Å². The molecule has 3 aromatic carbocycles. The zero-order chi connectivity index (χ0) is 25.5. The number of nitro groups is 1. The first-order chi connectivity index (χ1) is 16.5. The first-order valence-electron chi connectivity index (χ1n) is 10.1. The minimum absolute atomic E-state index is 0.00326.